The molecule has 1 rings (SSSR count). The Morgan fingerprint density at radius 3 is 2.75 bits per heavy atom. The van der Waals surface area contributed by atoms with Crippen molar-refractivity contribution in [2.24, 2.45) is 5.41 Å². The predicted molar refractivity (Wildman–Crippen MR) is 60.0 cm³/mol. The lowest BCUT2D eigenvalue weighted by atomic mass is 9.91. The van der Waals surface area contributed by atoms with Crippen LogP contribution in [0.3, 0.4) is 0 Å². The minimum absolute atomic E-state index is 0.0387. The van der Waals surface area contributed by atoms with Crippen molar-refractivity contribution < 1.29 is 14.6 Å². The van der Waals surface area contributed by atoms with Crippen LogP contribution < -0.4 is 0 Å². The molecule has 0 bridgehead atoms. The van der Waals surface area contributed by atoms with Gasteiger partial charge in [0.15, 0.2) is 5.78 Å². The molecule has 0 aliphatic carbocycles. The standard InChI is InChI=1S/C12H17NO3/c1-12(2,3)10(14)8-16-7-9-4-5-13-11(15)6-9/h4-6H,7-8H2,1-3H3,(H,13,15). The molecule has 0 spiro atoms. The molecule has 0 aliphatic rings. The smallest absolute Gasteiger partial charge is 0.211 e. The Hall–Kier alpha value is -1.42. The number of Topliss-reactive ketones (excluding diaryl/α,β-unsaturated/α-hetero) is 1. The van der Waals surface area contributed by atoms with Crippen LogP contribution in [0.15, 0.2) is 18.3 Å². The van der Waals surface area contributed by atoms with Gasteiger partial charge in [-0.15, -0.1) is 0 Å². The Morgan fingerprint density at radius 2 is 2.19 bits per heavy atom. The van der Waals surface area contributed by atoms with E-state index in [0.717, 1.165) is 5.56 Å². The number of carbonyl (C=O) groups is 1. The molecule has 0 saturated heterocycles. The molecule has 0 fully saturated rings. The van der Waals surface area contributed by atoms with Crippen LogP contribution in [-0.4, -0.2) is 22.5 Å². The van der Waals surface area contributed by atoms with E-state index in [1.54, 1.807) is 6.07 Å². The molecular formula is C12H17NO3. The number of aromatic hydroxyl groups is 1. The second-order valence-corrected chi connectivity index (χ2v) is 4.69. The third-order valence-electron chi connectivity index (χ3n) is 2.15. The zero-order valence-corrected chi connectivity index (χ0v) is 9.86. The van der Waals surface area contributed by atoms with Crippen LogP contribution in [0.2, 0.25) is 0 Å². The van der Waals surface area contributed by atoms with Crippen LogP contribution in [0.4, 0.5) is 0 Å². The van der Waals surface area contributed by atoms with Gasteiger partial charge in [0.05, 0.1) is 6.61 Å². The summed E-state index contributed by atoms with van der Waals surface area (Å²) in [7, 11) is 0. The molecule has 0 amide bonds. The van der Waals surface area contributed by atoms with Gasteiger partial charge in [-0.25, -0.2) is 4.98 Å². The van der Waals surface area contributed by atoms with Gasteiger partial charge in [-0.1, -0.05) is 20.8 Å². The highest BCUT2D eigenvalue weighted by atomic mass is 16.5. The largest absolute Gasteiger partial charge is 0.493 e. The van der Waals surface area contributed by atoms with Crippen molar-refractivity contribution in [3.05, 3.63) is 23.9 Å². The van der Waals surface area contributed by atoms with Crippen molar-refractivity contribution in [2.45, 2.75) is 27.4 Å². The number of pyridine rings is 1. The molecular weight excluding hydrogens is 206 g/mol. The first-order chi connectivity index (χ1) is 7.39. The Morgan fingerprint density at radius 1 is 1.50 bits per heavy atom. The van der Waals surface area contributed by atoms with E-state index < -0.39 is 0 Å². The van der Waals surface area contributed by atoms with Gasteiger partial charge in [-0.2, -0.15) is 0 Å². The van der Waals surface area contributed by atoms with Gasteiger partial charge in [0.2, 0.25) is 5.88 Å². The molecule has 1 heterocycles. The fourth-order valence-corrected chi connectivity index (χ4v) is 1.03. The summed E-state index contributed by atoms with van der Waals surface area (Å²) in [6.07, 6.45) is 1.50. The van der Waals surface area contributed by atoms with Crippen molar-refractivity contribution in [1.29, 1.82) is 0 Å². The van der Waals surface area contributed by atoms with Gasteiger partial charge in [0, 0.05) is 17.7 Å². The average Bonchev–Trinajstić information content (AvgIpc) is 2.16. The van der Waals surface area contributed by atoms with Crippen molar-refractivity contribution in [1.82, 2.24) is 4.98 Å². The normalized spacial score (nSPS) is 11.4. The number of hydrogen-bond acceptors (Lipinski definition) is 4. The minimum atomic E-state index is -0.375. The summed E-state index contributed by atoms with van der Waals surface area (Å²) >= 11 is 0. The fourth-order valence-electron chi connectivity index (χ4n) is 1.03. The summed E-state index contributed by atoms with van der Waals surface area (Å²) in [4.78, 5) is 15.2. The summed E-state index contributed by atoms with van der Waals surface area (Å²) in [6, 6.07) is 3.25. The molecule has 0 unspecified atom stereocenters. The Balaban J connectivity index is 2.39. The van der Waals surface area contributed by atoms with Crippen molar-refractivity contribution in [3.8, 4) is 5.88 Å². The van der Waals surface area contributed by atoms with Gasteiger partial charge in [0.1, 0.15) is 6.61 Å². The fraction of sp³-hybridized carbons (Fsp3) is 0.500. The molecule has 0 saturated carbocycles. The highest BCUT2D eigenvalue weighted by molar-refractivity contribution is 5.84. The average molecular weight is 223 g/mol. The number of rotatable bonds is 4. The van der Waals surface area contributed by atoms with E-state index in [4.69, 9.17) is 9.84 Å². The molecule has 4 heteroatoms. The number of hydrogen-bond donors (Lipinski definition) is 1. The van der Waals surface area contributed by atoms with E-state index in [-0.39, 0.29) is 23.7 Å². The molecule has 0 radical (unpaired) electrons. The first-order valence-electron chi connectivity index (χ1n) is 5.14. The zero-order chi connectivity index (χ0) is 12.2. The van der Waals surface area contributed by atoms with Gasteiger partial charge in [-0.3, -0.25) is 4.79 Å². The van der Waals surface area contributed by atoms with Gasteiger partial charge in [-0.05, 0) is 11.6 Å². The molecule has 1 N–H and O–H groups in total. The Labute approximate surface area is 95.3 Å². The highest BCUT2D eigenvalue weighted by Crippen LogP contribution is 2.15. The molecule has 4 nitrogen and oxygen atoms in total. The highest BCUT2D eigenvalue weighted by Gasteiger charge is 2.20. The second-order valence-electron chi connectivity index (χ2n) is 4.69. The molecule has 0 atom stereocenters. The summed E-state index contributed by atoms with van der Waals surface area (Å²) in [5.41, 5.74) is 0.426. The maximum absolute atomic E-state index is 11.5. The number of carbonyl (C=O) groups excluding carboxylic acids is 1. The molecule has 0 aromatic carbocycles. The van der Waals surface area contributed by atoms with Gasteiger partial charge < -0.3 is 9.84 Å². The van der Waals surface area contributed by atoms with E-state index in [1.165, 1.54) is 12.3 Å². The number of ketones is 1. The van der Waals surface area contributed by atoms with Gasteiger partial charge >= 0.3 is 0 Å². The van der Waals surface area contributed by atoms with Crippen molar-refractivity contribution in [2.75, 3.05) is 6.61 Å². The second kappa shape index (κ2) is 5.07. The van der Waals surface area contributed by atoms with Crippen molar-refractivity contribution in [3.63, 3.8) is 0 Å². The third kappa shape index (κ3) is 3.98. The van der Waals surface area contributed by atoms with Crippen LogP contribution in [0.25, 0.3) is 0 Å². The monoisotopic (exact) mass is 223 g/mol. The minimum Gasteiger partial charge on any atom is -0.493 e. The van der Waals surface area contributed by atoms with Crippen LogP contribution in [0, 0.1) is 5.41 Å². The molecule has 1 aromatic rings. The predicted octanol–water partition coefficient (Wildman–Crippen LogP) is 1.92. The third-order valence-corrected chi connectivity index (χ3v) is 2.15. The molecule has 0 aliphatic heterocycles. The number of aromatic nitrogens is 1. The lowest BCUT2D eigenvalue weighted by Gasteiger charge is -2.16. The Kier molecular flexibility index (Phi) is 4.01. The topological polar surface area (TPSA) is 59.4 Å². The summed E-state index contributed by atoms with van der Waals surface area (Å²) in [5, 5.41) is 9.12. The van der Waals surface area contributed by atoms with Crippen LogP contribution >= 0.6 is 0 Å². The first-order valence-corrected chi connectivity index (χ1v) is 5.14. The SMILES string of the molecule is CC(C)(C)C(=O)COCc1ccnc(O)c1. The molecule has 88 valence electrons. The first kappa shape index (κ1) is 12.6. The lowest BCUT2D eigenvalue weighted by molar-refractivity contribution is -0.131. The number of ether oxygens (including phenoxy) is 1. The van der Waals surface area contributed by atoms with E-state index in [9.17, 15) is 4.79 Å². The summed E-state index contributed by atoms with van der Waals surface area (Å²) < 4.78 is 5.27. The molecule has 1 aromatic heterocycles. The molecule has 16 heavy (non-hydrogen) atoms. The van der Waals surface area contributed by atoms with Crippen LogP contribution in [0.5, 0.6) is 5.88 Å². The van der Waals surface area contributed by atoms with Crippen LogP contribution in [0.1, 0.15) is 26.3 Å². The lowest BCUT2D eigenvalue weighted by Crippen LogP contribution is -2.24. The zero-order valence-electron chi connectivity index (χ0n) is 9.86. The quantitative estimate of drug-likeness (QED) is 0.847. The van der Waals surface area contributed by atoms with E-state index >= 15 is 0 Å². The van der Waals surface area contributed by atoms with Crippen molar-refractivity contribution >= 4 is 5.78 Å². The maximum Gasteiger partial charge on any atom is 0.211 e. The maximum atomic E-state index is 11.5. The summed E-state index contributed by atoms with van der Waals surface area (Å²) in [5.74, 6) is 0.0222. The van der Waals surface area contributed by atoms with E-state index in [2.05, 4.69) is 4.98 Å². The van der Waals surface area contributed by atoms with Gasteiger partial charge in [0.25, 0.3) is 0 Å². The summed E-state index contributed by atoms with van der Waals surface area (Å²) in [6.45, 7) is 5.97. The number of nitrogens with zero attached hydrogens (tertiary/aromatic N) is 1. The van der Waals surface area contributed by atoms with E-state index in [0.29, 0.717) is 6.61 Å². The van der Waals surface area contributed by atoms with Crippen LogP contribution in [-0.2, 0) is 16.1 Å². The Bertz CT molecular complexity index is 369. The van der Waals surface area contributed by atoms with E-state index in [1.807, 2.05) is 20.8 Å².